The van der Waals surface area contributed by atoms with Gasteiger partial charge in [-0.1, -0.05) is 0 Å². The Morgan fingerprint density at radius 2 is 2.33 bits per heavy atom. The Balaban J connectivity index is 1.64. The van der Waals surface area contributed by atoms with Crippen molar-refractivity contribution in [2.45, 2.75) is 51.3 Å². The first kappa shape index (κ1) is 14.5. The second-order valence-electron chi connectivity index (χ2n) is 5.94. The number of halogens is 1. The molecule has 2 atom stereocenters. The van der Waals surface area contributed by atoms with Crippen molar-refractivity contribution in [1.82, 2.24) is 14.9 Å². The lowest BCUT2D eigenvalue weighted by Crippen LogP contribution is -2.44. The maximum atomic E-state index is 13.5. The van der Waals surface area contributed by atoms with Crippen LogP contribution in [0, 0.1) is 12.7 Å². The van der Waals surface area contributed by atoms with Gasteiger partial charge in [-0.2, -0.15) is 0 Å². The van der Waals surface area contributed by atoms with E-state index in [1.165, 1.54) is 6.07 Å². The Labute approximate surface area is 124 Å². The van der Waals surface area contributed by atoms with Gasteiger partial charge in [0.05, 0.1) is 23.5 Å². The summed E-state index contributed by atoms with van der Waals surface area (Å²) in [7, 11) is 0. The van der Waals surface area contributed by atoms with Gasteiger partial charge in [0.15, 0.2) is 0 Å². The Kier molecular flexibility index (Phi) is 4.22. The highest BCUT2D eigenvalue weighted by molar-refractivity contribution is 5.76. The molecule has 0 amide bonds. The summed E-state index contributed by atoms with van der Waals surface area (Å²) in [6.07, 6.45) is 5.40. The van der Waals surface area contributed by atoms with Crippen molar-refractivity contribution in [1.29, 1.82) is 0 Å². The van der Waals surface area contributed by atoms with Crippen LogP contribution in [-0.2, 0) is 6.54 Å². The first-order valence-electron chi connectivity index (χ1n) is 7.67. The summed E-state index contributed by atoms with van der Waals surface area (Å²) in [6, 6.07) is 3.55. The van der Waals surface area contributed by atoms with Crippen LogP contribution in [0.1, 0.15) is 31.2 Å². The Morgan fingerprint density at radius 3 is 3.14 bits per heavy atom. The van der Waals surface area contributed by atoms with Crippen LogP contribution in [-0.4, -0.2) is 33.3 Å². The number of rotatable bonds is 4. The minimum atomic E-state index is -0.227. The van der Waals surface area contributed by atoms with E-state index in [9.17, 15) is 9.50 Å². The molecule has 1 fully saturated rings. The summed E-state index contributed by atoms with van der Waals surface area (Å²) in [5, 5.41) is 13.3. The number of piperidine rings is 1. The van der Waals surface area contributed by atoms with Crippen LogP contribution in [0.2, 0.25) is 0 Å². The average Bonchev–Trinajstić information content (AvgIpc) is 2.84. The second kappa shape index (κ2) is 6.12. The Bertz CT molecular complexity index is 625. The first-order chi connectivity index (χ1) is 10.1. The molecule has 4 nitrogen and oxygen atoms in total. The average molecular weight is 291 g/mol. The van der Waals surface area contributed by atoms with Gasteiger partial charge in [-0.05, 0) is 50.8 Å². The van der Waals surface area contributed by atoms with E-state index in [2.05, 4.69) is 14.9 Å². The first-order valence-corrected chi connectivity index (χ1v) is 7.67. The number of imidazole rings is 1. The fourth-order valence-electron chi connectivity index (χ4n) is 3.07. The van der Waals surface area contributed by atoms with Gasteiger partial charge in [-0.15, -0.1) is 0 Å². The Hall–Kier alpha value is -1.46. The van der Waals surface area contributed by atoms with Crippen molar-refractivity contribution in [3.63, 3.8) is 0 Å². The summed E-state index contributed by atoms with van der Waals surface area (Å²) >= 11 is 0. The van der Waals surface area contributed by atoms with Crippen LogP contribution in [0.3, 0.4) is 0 Å². The third-order valence-corrected chi connectivity index (χ3v) is 4.36. The molecule has 21 heavy (non-hydrogen) atoms. The number of aromatic nitrogens is 2. The lowest BCUT2D eigenvalue weighted by molar-refractivity contribution is 0.0909. The van der Waals surface area contributed by atoms with E-state index in [-0.39, 0.29) is 18.0 Å². The summed E-state index contributed by atoms with van der Waals surface area (Å²) in [5.74, 6) is -0.206. The van der Waals surface area contributed by atoms with Crippen LogP contribution >= 0.6 is 0 Å². The van der Waals surface area contributed by atoms with Crippen molar-refractivity contribution in [2.75, 3.05) is 6.54 Å². The maximum Gasteiger partial charge on any atom is 0.128 e. The van der Waals surface area contributed by atoms with Crippen molar-refractivity contribution in [3.8, 4) is 0 Å². The number of aliphatic hydroxyl groups excluding tert-OH is 1. The standard InChI is InChI=1S/C16H22FN3O/c1-11-8-15-14(9-12(11)17)19-10-20(15)7-3-4-13-16(21)5-2-6-18-13/h8-10,13,16,18,21H,2-7H2,1H3/t13-,16+/m1/s1. The molecule has 5 heteroatoms. The van der Waals surface area contributed by atoms with Crippen LogP contribution < -0.4 is 5.32 Å². The number of nitrogens with zero attached hydrogens (tertiary/aromatic N) is 2. The van der Waals surface area contributed by atoms with E-state index in [0.29, 0.717) is 11.1 Å². The molecule has 2 N–H and O–H groups in total. The molecule has 1 aromatic carbocycles. The molecule has 2 heterocycles. The monoisotopic (exact) mass is 291 g/mol. The molecule has 3 rings (SSSR count). The largest absolute Gasteiger partial charge is 0.392 e. The van der Waals surface area contributed by atoms with Crippen molar-refractivity contribution in [3.05, 3.63) is 29.8 Å². The third kappa shape index (κ3) is 3.09. The smallest absolute Gasteiger partial charge is 0.128 e. The van der Waals surface area contributed by atoms with Gasteiger partial charge in [0.1, 0.15) is 5.82 Å². The van der Waals surface area contributed by atoms with E-state index in [1.807, 2.05) is 6.07 Å². The van der Waals surface area contributed by atoms with Gasteiger partial charge in [0.25, 0.3) is 0 Å². The zero-order chi connectivity index (χ0) is 14.8. The number of aryl methyl sites for hydroxylation is 2. The predicted octanol–water partition coefficient (Wildman–Crippen LogP) is 2.38. The second-order valence-corrected chi connectivity index (χ2v) is 5.94. The molecule has 1 aliphatic heterocycles. The molecule has 0 saturated carbocycles. The molecule has 0 aliphatic carbocycles. The maximum absolute atomic E-state index is 13.5. The number of nitrogens with one attached hydrogen (secondary N) is 1. The molecular formula is C16H22FN3O. The lowest BCUT2D eigenvalue weighted by Gasteiger charge is -2.29. The topological polar surface area (TPSA) is 50.1 Å². The third-order valence-electron chi connectivity index (χ3n) is 4.36. The minimum absolute atomic E-state index is 0.202. The van der Waals surface area contributed by atoms with Gasteiger partial charge in [-0.3, -0.25) is 0 Å². The molecule has 0 bridgehead atoms. The fourth-order valence-corrected chi connectivity index (χ4v) is 3.07. The van der Waals surface area contributed by atoms with Gasteiger partial charge in [0.2, 0.25) is 0 Å². The normalized spacial score (nSPS) is 22.8. The van der Waals surface area contributed by atoms with E-state index in [4.69, 9.17) is 0 Å². The number of aliphatic hydroxyl groups is 1. The quantitative estimate of drug-likeness (QED) is 0.909. The summed E-state index contributed by atoms with van der Waals surface area (Å²) in [5.41, 5.74) is 2.33. The number of hydrogen-bond donors (Lipinski definition) is 2. The van der Waals surface area contributed by atoms with Gasteiger partial charge in [0, 0.05) is 18.7 Å². The molecule has 1 aliphatic rings. The van der Waals surface area contributed by atoms with E-state index in [1.54, 1.807) is 13.3 Å². The number of hydrogen-bond acceptors (Lipinski definition) is 3. The highest BCUT2D eigenvalue weighted by atomic mass is 19.1. The van der Waals surface area contributed by atoms with Gasteiger partial charge in [-0.25, -0.2) is 9.37 Å². The van der Waals surface area contributed by atoms with Gasteiger partial charge >= 0.3 is 0 Å². The number of benzene rings is 1. The molecular weight excluding hydrogens is 269 g/mol. The molecule has 114 valence electrons. The van der Waals surface area contributed by atoms with Crippen molar-refractivity contribution >= 4 is 11.0 Å². The highest BCUT2D eigenvalue weighted by Gasteiger charge is 2.21. The predicted molar refractivity (Wildman–Crippen MR) is 80.7 cm³/mol. The summed E-state index contributed by atoms with van der Waals surface area (Å²) in [4.78, 5) is 4.26. The zero-order valence-electron chi connectivity index (χ0n) is 12.3. The van der Waals surface area contributed by atoms with Crippen LogP contribution in [0.15, 0.2) is 18.5 Å². The molecule has 0 spiro atoms. The molecule has 2 aromatic rings. The van der Waals surface area contributed by atoms with Gasteiger partial charge < -0.3 is 15.0 Å². The van der Waals surface area contributed by atoms with Crippen LogP contribution in [0.25, 0.3) is 11.0 Å². The zero-order valence-corrected chi connectivity index (χ0v) is 12.3. The summed E-state index contributed by atoms with van der Waals surface area (Å²) in [6.45, 7) is 3.61. The SMILES string of the molecule is Cc1cc2c(cc1F)ncn2CCC[C@H]1NCCC[C@@H]1O. The van der Waals surface area contributed by atoms with E-state index < -0.39 is 0 Å². The lowest BCUT2D eigenvalue weighted by atomic mass is 9.97. The molecule has 0 unspecified atom stereocenters. The van der Waals surface area contributed by atoms with E-state index >= 15 is 0 Å². The highest BCUT2D eigenvalue weighted by Crippen LogP contribution is 2.19. The van der Waals surface area contributed by atoms with E-state index in [0.717, 1.165) is 44.3 Å². The minimum Gasteiger partial charge on any atom is -0.392 e. The van der Waals surface area contributed by atoms with Crippen molar-refractivity contribution in [2.24, 2.45) is 0 Å². The number of fused-ring (bicyclic) bond motifs is 1. The molecule has 1 aromatic heterocycles. The molecule has 1 saturated heterocycles. The fraction of sp³-hybridized carbons (Fsp3) is 0.562. The Morgan fingerprint density at radius 1 is 1.48 bits per heavy atom. The van der Waals surface area contributed by atoms with Crippen molar-refractivity contribution < 1.29 is 9.50 Å². The molecule has 0 radical (unpaired) electrons. The van der Waals surface area contributed by atoms with Crippen LogP contribution in [0.5, 0.6) is 0 Å². The van der Waals surface area contributed by atoms with Crippen LogP contribution in [0.4, 0.5) is 4.39 Å². The summed E-state index contributed by atoms with van der Waals surface area (Å²) < 4.78 is 15.6.